The number of anilines is 1. The van der Waals surface area contributed by atoms with Crippen molar-refractivity contribution in [3.05, 3.63) is 27.2 Å². The summed E-state index contributed by atoms with van der Waals surface area (Å²) in [5.74, 6) is -0.146. The van der Waals surface area contributed by atoms with Gasteiger partial charge in [-0.2, -0.15) is 17.0 Å². The Morgan fingerprint density at radius 3 is 2.82 bits per heavy atom. The van der Waals surface area contributed by atoms with Crippen LogP contribution in [-0.2, 0) is 4.79 Å². The molecule has 1 aromatic rings. The zero-order valence-electron chi connectivity index (χ0n) is 9.25. The lowest BCUT2D eigenvalue weighted by Gasteiger charge is -2.12. The van der Waals surface area contributed by atoms with Crippen molar-refractivity contribution in [2.45, 2.75) is 12.2 Å². The predicted molar refractivity (Wildman–Crippen MR) is 75.5 cm³/mol. The van der Waals surface area contributed by atoms with Crippen LogP contribution >= 0.6 is 39.3 Å². The lowest BCUT2D eigenvalue weighted by Crippen LogP contribution is -2.22. The molecule has 17 heavy (non-hydrogen) atoms. The van der Waals surface area contributed by atoms with Crippen molar-refractivity contribution in [3.63, 3.8) is 0 Å². The zero-order chi connectivity index (χ0) is 13.0. The van der Waals surface area contributed by atoms with Gasteiger partial charge in [0.25, 0.3) is 0 Å². The molecule has 0 saturated carbocycles. The van der Waals surface area contributed by atoms with Gasteiger partial charge in [0, 0.05) is 4.47 Å². The number of benzene rings is 1. The van der Waals surface area contributed by atoms with Crippen LogP contribution in [-0.4, -0.2) is 17.4 Å². The Morgan fingerprint density at radius 1 is 1.65 bits per heavy atom. The topological polar surface area (TPSA) is 52.9 Å². The molecule has 1 atom stereocenters. The average Bonchev–Trinajstić information content (AvgIpc) is 2.33. The lowest BCUT2D eigenvalue weighted by atomic mass is 10.2. The highest BCUT2D eigenvalue weighted by atomic mass is 79.9. The summed E-state index contributed by atoms with van der Waals surface area (Å²) in [5.41, 5.74) is 0.703. The molecule has 90 valence electrons. The van der Waals surface area contributed by atoms with Crippen LogP contribution in [0.3, 0.4) is 0 Å². The van der Waals surface area contributed by atoms with Crippen molar-refractivity contribution in [2.24, 2.45) is 0 Å². The minimum absolute atomic E-state index is 0.146. The normalized spacial score (nSPS) is 11.7. The first-order chi connectivity index (χ1) is 8.01. The van der Waals surface area contributed by atoms with Gasteiger partial charge in [-0.1, -0.05) is 11.6 Å². The molecule has 0 heterocycles. The standard InChI is InChI=1S/C11H10BrClN2OS/c1-6(17-2)11(16)15-9-4-3-8(12)10(13)7(9)5-14/h3-4,6H,1-2H3,(H,15,16). The van der Waals surface area contributed by atoms with E-state index in [0.29, 0.717) is 15.2 Å². The number of nitriles is 1. The second kappa shape index (κ2) is 6.29. The molecule has 0 bridgehead atoms. The summed E-state index contributed by atoms with van der Waals surface area (Å²) in [6, 6.07) is 5.33. The molecule has 1 aromatic carbocycles. The van der Waals surface area contributed by atoms with E-state index in [1.54, 1.807) is 19.1 Å². The van der Waals surface area contributed by atoms with E-state index < -0.39 is 0 Å². The van der Waals surface area contributed by atoms with E-state index in [9.17, 15) is 4.79 Å². The number of halogens is 2. The Morgan fingerprint density at radius 2 is 2.29 bits per heavy atom. The second-order valence-corrected chi connectivity index (χ2v) is 5.67. The molecule has 6 heteroatoms. The number of thioether (sulfide) groups is 1. The third-order valence-electron chi connectivity index (χ3n) is 2.19. The van der Waals surface area contributed by atoms with Gasteiger partial charge in [-0.15, -0.1) is 0 Å². The van der Waals surface area contributed by atoms with Gasteiger partial charge in [0.15, 0.2) is 0 Å². The molecule has 1 amide bonds. The molecule has 1 rings (SSSR count). The molecule has 0 radical (unpaired) electrons. The summed E-state index contributed by atoms with van der Waals surface area (Å²) < 4.78 is 0.631. The Kier molecular flexibility index (Phi) is 5.31. The van der Waals surface area contributed by atoms with Crippen LogP contribution in [0.2, 0.25) is 5.02 Å². The number of hydrogen-bond donors (Lipinski definition) is 1. The van der Waals surface area contributed by atoms with Crippen molar-refractivity contribution < 1.29 is 4.79 Å². The molecule has 0 aliphatic rings. The van der Waals surface area contributed by atoms with Crippen LogP contribution in [0.1, 0.15) is 12.5 Å². The van der Waals surface area contributed by atoms with E-state index >= 15 is 0 Å². The molecule has 3 nitrogen and oxygen atoms in total. The van der Waals surface area contributed by atoms with Crippen LogP contribution in [0.5, 0.6) is 0 Å². The van der Waals surface area contributed by atoms with Gasteiger partial charge in [0.2, 0.25) is 5.91 Å². The predicted octanol–water partition coefficient (Wildman–Crippen LogP) is 3.66. The van der Waals surface area contributed by atoms with E-state index in [1.807, 2.05) is 12.3 Å². The average molecular weight is 334 g/mol. The Labute approximate surface area is 118 Å². The fourth-order valence-corrected chi connectivity index (χ4v) is 1.92. The van der Waals surface area contributed by atoms with Crippen LogP contribution < -0.4 is 5.32 Å². The number of nitrogens with zero attached hydrogens (tertiary/aromatic N) is 1. The maximum absolute atomic E-state index is 11.7. The second-order valence-electron chi connectivity index (χ2n) is 3.26. The number of amides is 1. The fourth-order valence-electron chi connectivity index (χ4n) is 1.11. The molecule has 0 spiro atoms. The van der Waals surface area contributed by atoms with Gasteiger partial charge in [-0.3, -0.25) is 4.79 Å². The van der Waals surface area contributed by atoms with Crippen LogP contribution in [0.4, 0.5) is 5.69 Å². The van der Waals surface area contributed by atoms with Crippen molar-refractivity contribution in [1.29, 1.82) is 5.26 Å². The molecule has 0 fully saturated rings. The van der Waals surface area contributed by atoms with Crippen LogP contribution in [0, 0.1) is 11.3 Å². The minimum atomic E-state index is -0.177. The highest BCUT2D eigenvalue weighted by Crippen LogP contribution is 2.31. The molecule has 0 aliphatic heterocycles. The number of rotatable bonds is 3. The third-order valence-corrected chi connectivity index (χ3v) is 4.39. The number of carbonyl (C=O) groups is 1. The fraction of sp³-hybridized carbons (Fsp3) is 0.273. The van der Waals surface area contributed by atoms with Gasteiger partial charge < -0.3 is 5.32 Å². The summed E-state index contributed by atoms with van der Waals surface area (Å²) >= 11 is 10.6. The van der Waals surface area contributed by atoms with Crippen LogP contribution in [0.25, 0.3) is 0 Å². The summed E-state index contributed by atoms with van der Waals surface area (Å²) in [6.07, 6.45) is 1.85. The van der Waals surface area contributed by atoms with Gasteiger partial charge in [-0.25, -0.2) is 0 Å². The van der Waals surface area contributed by atoms with Crippen molar-refractivity contribution >= 4 is 50.9 Å². The zero-order valence-corrected chi connectivity index (χ0v) is 12.4. The Balaban J connectivity index is 3.05. The van der Waals surface area contributed by atoms with Gasteiger partial charge in [0.05, 0.1) is 21.5 Å². The lowest BCUT2D eigenvalue weighted by molar-refractivity contribution is -0.115. The molecule has 0 aromatic heterocycles. The number of nitrogens with one attached hydrogen (secondary N) is 1. The molecular weight excluding hydrogens is 324 g/mol. The molecule has 0 saturated heterocycles. The first kappa shape index (κ1) is 14.4. The monoisotopic (exact) mass is 332 g/mol. The SMILES string of the molecule is CSC(C)C(=O)Nc1ccc(Br)c(Cl)c1C#N. The third kappa shape index (κ3) is 3.38. The first-order valence-corrected chi connectivity index (χ1v) is 7.19. The highest BCUT2D eigenvalue weighted by molar-refractivity contribution is 9.10. The van der Waals surface area contributed by atoms with Gasteiger partial charge in [-0.05, 0) is 41.2 Å². The molecular formula is C11H10BrClN2OS. The Bertz CT molecular complexity index is 487. The van der Waals surface area contributed by atoms with E-state index in [4.69, 9.17) is 16.9 Å². The van der Waals surface area contributed by atoms with Gasteiger partial charge >= 0.3 is 0 Å². The maximum atomic E-state index is 11.7. The van der Waals surface area contributed by atoms with Crippen molar-refractivity contribution in [1.82, 2.24) is 0 Å². The van der Waals surface area contributed by atoms with E-state index in [2.05, 4.69) is 21.2 Å². The Hall–Kier alpha value is -0.700. The van der Waals surface area contributed by atoms with Crippen molar-refractivity contribution in [2.75, 3.05) is 11.6 Å². The molecule has 1 unspecified atom stereocenters. The van der Waals surface area contributed by atoms with Crippen molar-refractivity contribution in [3.8, 4) is 6.07 Å². The van der Waals surface area contributed by atoms with E-state index in [-0.39, 0.29) is 16.7 Å². The molecule has 1 N–H and O–H groups in total. The quantitative estimate of drug-likeness (QED) is 0.918. The van der Waals surface area contributed by atoms with Crippen LogP contribution in [0.15, 0.2) is 16.6 Å². The minimum Gasteiger partial charge on any atom is -0.324 e. The summed E-state index contributed by atoms with van der Waals surface area (Å²) in [7, 11) is 0. The maximum Gasteiger partial charge on any atom is 0.237 e. The first-order valence-electron chi connectivity index (χ1n) is 4.73. The smallest absolute Gasteiger partial charge is 0.237 e. The summed E-state index contributed by atoms with van der Waals surface area (Å²) in [6.45, 7) is 1.80. The van der Waals surface area contributed by atoms with Gasteiger partial charge in [0.1, 0.15) is 6.07 Å². The molecule has 0 aliphatic carbocycles. The number of carbonyl (C=O) groups excluding carboxylic acids is 1. The van der Waals surface area contributed by atoms with E-state index in [1.165, 1.54) is 11.8 Å². The summed E-state index contributed by atoms with van der Waals surface area (Å²) in [4.78, 5) is 11.7. The highest BCUT2D eigenvalue weighted by Gasteiger charge is 2.15. The summed E-state index contributed by atoms with van der Waals surface area (Å²) in [5, 5.41) is 11.8. The largest absolute Gasteiger partial charge is 0.324 e. The van der Waals surface area contributed by atoms with E-state index in [0.717, 1.165) is 0 Å². The number of hydrogen-bond acceptors (Lipinski definition) is 3.